The van der Waals surface area contributed by atoms with Crippen molar-refractivity contribution in [1.82, 2.24) is 4.72 Å². The van der Waals surface area contributed by atoms with Crippen LogP contribution in [0.1, 0.15) is 32.8 Å². The number of anilines is 1. The molecule has 1 unspecified atom stereocenters. The topological polar surface area (TPSA) is 58.2 Å². The Hall–Kier alpha value is -1.07. The molecule has 5 heteroatoms. The van der Waals surface area contributed by atoms with Crippen molar-refractivity contribution in [3.05, 3.63) is 23.8 Å². The van der Waals surface area contributed by atoms with Crippen LogP contribution >= 0.6 is 0 Å². The molecule has 0 amide bonds. The van der Waals surface area contributed by atoms with E-state index in [2.05, 4.69) is 10.0 Å². The number of benzene rings is 1. The smallest absolute Gasteiger partial charge is 0.240 e. The molecule has 106 valence electrons. The maximum Gasteiger partial charge on any atom is 0.240 e. The fourth-order valence-electron chi connectivity index (χ4n) is 2.07. The second-order valence-corrected chi connectivity index (χ2v) is 7.22. The molecule has 2 rings (SSSR count). The summed E-state index contributed by atoms with van der Waals surface area (Å²) in [4.78, 5) is 0.363. The standard InChI is InChI=1S/C14H22N2O2S/c1-10(2)11(3)16-19(17,18)13-6-7-14-12(9-13)5-4-8-15-14/h6-7,9-11,15-16H,4-5,8H2,1-3H3. The average Bonchev–Trinajstić information content (AvgIpc) is 2.37. The summed E-state index contributed by atoms with van der Waals surface area (Å²) in [5, 5.41) is 3.29. The number of hydrogen-bond donors (Lipinski definition) is 2. The number of rotatable bonds is 4. The SMILES string of the molecule is CC(C)C(C)NS(=O)(=O)c1ccc2c(c1)CCCN2. The molecular weight excluding hydrogens is 260 g/mol. The van der Waals surface area contributed by atoms with E-state index < -0.39 is 10.0 Å². The van der Waals surface area contributed by atoms with Crippen molar-refractivity contribution in [2.75, 3.05) is 11.9 Å². The molecular formula is C14H22N2O2S. The molecule has 0 fully saturated rings. The van der Waals surface area contributed by atoms with Crippen LogP contribution in [0.4, 0.5) is 5.69 Å². The van der Waals surface area contributed by atoms with Gasteiger partial charge in [0.2, 0.25) is 10.0 Å². The van der Waals surface area contributed by atoms with E-state index in [0.29, 0.717) is 4.90 Å². The summed E-state index contributed by atoms with van der Waals surface area (Å²) in [6.45, 7) is 6.86. The molecule has 1 heterocycles. The predicted molar refractivity (Wildman–Crippen MR) is 77.9 cm³/mol. The van der Waals surface area contributed by atoms with Crippen LogP contribution in [0.15, 0.2) is 23.1 Å². The molecule has 0 saturated heterocycles. The minimum atomic E-state index is -3.42. The third kappa shape index (κ3) is 3.28. The van der Waals surface area contributed by atoms with Gasteiger partial charge in [-0.15, -0.1) is 0 Å². The Kier molecular flexibility index (Phi) is 4.16. The molecule has 0 aromatic heterocycles. The van der Waals surface area contributed by atoms with Crippen molar-refractivity contribution < 1.29 is 8.42 Å². The Morgan fingerprint density at radius 1 is 1.26 bits per heavy atom. The van der Waals surface area contributed by atoms with Crippen molar-refractivity contribution in [3.8, 4) is 0 Å². The van der Waals surface area contributed by atoms with E-state index in [1.807, 2.05) is 26.8 Å². The van der Waals surface area contributed by atoms with E-state index in [-0.39, 0.29) is 12.0 Å². The predicted octanol–water partition coefficient (Wildman–Crippen LogP) is 2.37. The quantitative estimate of drug-likeness (QED) is 0.891. The molecule has 1 aliphatic heterocycles. The first-order chi connectivity index (χ1) is 8.90. The van der Waals surface area contributed by atoms with Gasteiger partial charge < -0.3 is 5.32 Å². The number of nitrogens with one attached hydrogen (secondary N) is 2. The summed E-state index contributed by atoms with van der Waals surface area (Å²) < 4.78 is 27.3. The molecule has 1 aliphatic rings. The molecule has 1 aromatic carbocycles. The Labute approximate surface area is 115 Å². The second-order valence-electron chi connectivity index (χ2n) is 5.50. The molecule has 1 atom stereocenters. The summed E-state index contributed by atoms with van der Waals surface area (Å²) in [6, 6.07) is 5.26. The zero-order chi connectivity index (χ0) is 14.0. The highest BCUT2D eigenvalue weighted by molar-refractivity contribution is 7.89. The van der Waals surface area contributed by atoms with Crippen molar-refractivity contribution in [2.45, 2.75) is 44.6 Å². The van der Waals surface area contributed by atoms with Gasteiger partial charge >= 0.3 is 0 Å². The molecule has 19 heavy (non-hydrogen) atoms. The fourth-order valence-corrected chi connectivity index (χ4v) is 3.51. The van der Waals surface area contributed by atoms with Crippen molar-refractivity contribution in [3.63, 3.8) is 0 Å². The molecule has 0 bridgehead atoms. The highest BCUT2D eigenvalue weighted by atomic mass is 32.2. The van der Waals surface area contributed by atoms with E-state index in [1.54, 1.807) is 12.1 Å². The van der Waals surface area contributed by atoms with Gasteiger partial charge in [-0.25, -0.2) is 13.1 Å². The van der Waals surface area contributed by atoms with Crippen molar-refractivity contribution in [1.29, 1.82) is 0 Å². The lowest BCUT2D eigenvalue weighted by molar-refractivity contribution is 0.476. The van der Waals surface area contributed by atoms with Crippen molar-refractivity contribution >= 4 is 15.7 Å². The third-order valence-corrected chi connectivity index (χ3v) is 5.22. The van der Waals surface area contributed by atoms with Gasteiger partial charge in [0.05, 0.1) is 4.90 Å². The number of sulfonamides is 1. The van der Waals surface area contributed by atoms with Crippen LogP contribution in [0, 0.1) is 5.92 Å². The fraction of sp³-hybridized carbons (Fsp3) is 0.571. The normalized spacial score (nSPS) is 16.8. The highest BCUT2D eigenvalue weighted by Gasteiger charge is 2.20. The molecule has 0 aliphatic carbocycles. The minimum Gasteiger partial charge on any atom is -0.385 e. The van der Waals surface area contributed by atoms with Gasteiger partial charge in [-0.1, -0.05) is 13.8 Å². The average molecular weight is 282 g/mol. The summed E-state index contributed by atoms with van der Waals surface area (Å²) in [5.74, 6) is 0.272. The van der Waals surface area contributed by atoms with Crippen LogP contribution in [-0.4, -0.2) is 21.0 Å². The third-order valence-electron chi connectivity index (χ3n) is 3.67. The Balaban J connectivity index is 2.26. The zero-order valence-electron chi connectivity index (χ0n) is 11.7. The van der Waals surface area contributed by atoms with Crippen LogP contribution in [0.5, 0.6) is 0 Å². The maximum absolute atomic E-state index is 12.3. The first-order valence-corrected chi connectivity index (χ1v) is 8.27. The monoisotopic (exact) mass is 282 g/mol. The molecule has 2 N–H and O–H groups in total. The largest absolute Gasteiger partial charge is 0.385 e. The summed E-state index contributed by atoms with van der Waals surface area (Å²) in [7, 11) is -3.42. The van der Waals surface area contributed by atoms with Crippen LogP contribution in [-0.2, 0) is 16.4 Å². The van der Waals surface area contributed by atoms with E-state index >= 15 is 0 Å². The van der Waals surface area contributed by atoms with Gasteiger partial charge in [0.25, 0.3) is 0 Å². The zero-order valence-corrected chi connectivity index (χ0v) is 12.5. The first kappa shape index (κ1) is 14.3. The summed E-state index contributed by atoms with van der Waals surface area (Å²) in [6.07, 6.45) is 1.98. The van der Waals surface area contributed by atoms with Crippen LogP contribution in [0.25, 0.3) is 0 Å². The lowest BCUT2D eigenvalue weighted by Gasteiger charge is -2.20. The lowest BCUT2D eigenvalue weighted by atomic mass is 10.0. The maximum atomic E-state index is 12.3. The van der Waals surface area contributed by atoms with Gasteiger partial charge in [-0.2, -0.15) is 0 Å². The minimum absolute atomic E-state index is 0.0702. The first-order valence-electron chi connectivity index (χ1n) is 6.79. The van der Waals surface area contributed by atoms with Gasteiger partial charge in [0.1, 0.15) is 0 Å². The summed E-state index contributed by atoms with van der Waals surface area (Å²) in [5.41, 5.74) is 2.15. The van der Waals surface area contributed by atoms with E-state index in [4.69, 9.17) is 0 Å². The molecule has 4 nitrogen and oxygen atoms in total. The number of hydrogen-bond acceptors (Lipinski definition) is 3. The van der Waals surface area contributed by atoms with Gasteiger partial charge in [-0.3, -0.25) is 0 Å². The lowest BCUT2D eigenvalue weighted by Crippen LogP contribution is -2.36. The van der Waals surface area contributed by atoms with Gasteiger partial charge in [0, 0.05) is 18.3 Å². The second kappa shape index (κ2) is 5.51. The van der Waals surface area contributed by atoms with Crippen LogP contribution < -0.4 is 10.0 Å². The number of fused-ring (bicyclic) bond motifs is 1. The van der Waals surface area contributed by atoms with Crippen LogP contribution in [0.3, 0.4) is 0 Å². The Bertz CT molecular complexity index is 553. The van der Waals surface area contributed by atoms with Crippen molar-refractivity contribution in [2.24, 2.45) is 5.92 Å². The van der Waals surface area contributed by atoms with E-state index in [0.717, 1.165) is 30.6 Å². The molecule has 0 radical (unpaired) electrons. The molecule has 0 spiro atoms. The van der Waals surface area contributed by atoms with Crippen LogP contribution in [0.2, 0.25) is 0 Å². The van der Waals surface area contributed by atoms with E-state index in [9.17, 15) is 8.42 Å². The van der Waals surface area contributed by atoms with Gasteiger partial charge in [-0.05, 0) is 49.4 Å². The highest BCUT2D eigenvalue weighted by Crippen LogP contribution is 2.25. The van der Waals surface area contributed by atoms with E-state index in [1.165, 1.54) is 0 Å². The molecule has 1 aromatic rings. The Morgan fingerprint density at radius 2 is 2.00 bits per heavy atom. The molecule has 0 saturated carbocycles. The number of aryl methyl sites for hydroxylation is 1. The Morgan fingerprint density at radius 3 is 2.68 bits per heavy atom. The van der Waals surface area contributed by atoms with Gasteiger partial charge in [0.15, 0.2) is 0 Å². The summed E-state index contributed by atoms with van der Waals surface area (Å²) >= 11 is 0.